The third-order valence-corrected chi connectivity index (χ3v) is 6.61. The van der Waals surface area contributed by atoms with Crippen molar-refractivity contribution in [1.29, 1.82) is 0 Å². The predicted octanol–water partition coefficient (Wildman–Crippen LogP) is 5.81. The Labute approximate surface area is 195 Å². The molecular weight excluding hydrogens is 434 g/mol. The summed E-state index contributed by atoms with van der Waals surface area (Å²) in [6, 6.07) is 23.0. The number of carbonyl (C=O) groups is 1. The second kappa shape index (κ2) is 8.52. The number of ether oxygens (including phenoxy) is 2. The van der Waals surface area contributed by atoms with Crippen molar-refractivity contribution in [1.82, 2.24) is 9.97 Å². The number of aromatic nitrogens is 2. The van der Waals surface area contributed by atoms with Crippen molar-refractivity contribution >= 4 is 43.5 Å². The second-order valence-electron chi connectivity index (χ2n) is 7.47. The highest BCUT2D eigenvalue weighted by molar-refractivity contribution is 7.22. The van der Waals surface area contributed by atoms with Gasteiger partial charge in [-0.05, 0) is 42.5 Å². The third kappa shape index (κ3) is 3.76. The van der Waals surface area contributed by atoms with Gasteiger partial charge in [-0.1, -0.05) is 41.7 Å². The van der Waals surface area contributed by atoms with Gasteiger partial charge in [0.2, 0.25) is 0 Å². The summed E-state index contributed by atoms with van der Waals surface area (Å²) in [5.74, 6) is 1.09. The Kier molecular flexibility index (Phi) is 5.40. The summed E-state index contributed by atoms with van der Waals surface area (Å²) in [4.78, 5) is 24.7. The molecule has 0 fully saturated rings. The molecule has 0 atom stereocenters. The maximum absolute atomic E-state index is 13.7. The summed E-state index contributed by atoms with van der Waals surface area (Å²) in [6.45, 7) is 0. The van der Waals surface area contributed by atoms with Gasteiger partial charge in [0, 0.05) is 18.0 Å². The Bertz CT molecular complexity index is 1460. The van der Waals surface area contributed by atoms with Crippen LogP contribution < -0.4 is 14.4 Å². The standard InChI is InChI=1S/C26H21N3O3S/c1-29(26-28-20-10-6-7-11-24(20)33-26)25(30)18-15-21(27-19-9-5-4-8-17(18)19)16-12-13-22(31-2)23(14-16)32-3/h4-15H,1-3H3. The van der Waals surface area contributed by atoms with E-state index in [-0.39, 0.29) is 5.91 Å². The van der Waals surface area contributed by atoms with Gasteiger partial charge in [0.1, 0.15) is 0 Å². The summed E-state index contributed by atoms with van der Waals surface area (Å²) in [5, 5.41) is 1.44. The van der Waals surface area contributed by atoms with E-state index in [4.69, 9.17) is 14.5 Å². The maximum atomic E-state index is 13.7. The van der Waals surface area contributed by atoms with Crippen LogP contribution in [0.1, 0.15) is 10.4 Å². The quantitative estimate of drug-likeness (QED) is 0.335. The van der Waals surface area contributed by atoms with Gasteiger partial charge >= 0.3 is 0 Å². The van der Waals surface area contributed by atoms with Crippen molar-refractivity contribution in [2.45, 2.75) is 0 Å². The molecular formula is C26H21N3O3S. The van der Waals surface area contributed by atoms with E-state index in [0.29, 0.717) is 27.9 Å². The molecule has 7 heteroatoms. The molecule has 164 valence electrons. The van der Waals surface area contributed by atoms with Gasteiger partial charge in [-0.3, -0.25) is 9.69 Å². The number of nitrogens with zero attached hydrogens (tertiary/aromatic N) is 3. The first-order chi connectivity index (χ1) is 16.1. The number of amides is 1. The van der Waals surface area contributed by atoms with Crippen LogP contribution in [0.25, 0.3) is 32.4 Å². The molecule has 0 unspecified atom stereocenters. The van der Waals surface area contributed by atoms with E-state index in [9.17, 15) is 4.79 Å². The average Bonchev–Trinajstić information content (AvgIpc) is 3.31. The molecule has 5 rings (SSSR count). The van der Waals surface area contributed by atoms with Gasteiger partial charge in [-0.15, -0.1) is 0 Å². The van der Waals surface area contributed by atoms with E-state index in [2.05, 4.69) is 4.98 Å². The number of carbonyl (C=O) groups excluding carboxylic acids is 1. The molecule has 0 N–H and O–H groups in total. The Balaban J connectivity index is 1.62. The summed E-state index contributed by atoms with van der Waals surface area (Å²) >= 11 is 1.49. The molecule has 0 aliphatic carbocycles. The topological polar surface area (TPSA) is 64.5 Å². The molecule has 0 spiro atoms. The van der Waals surface area contributed by atoms with Gasteiger partial charge in [-0.2, -0.15) is 0 Å². The van der Waals surface area contributed by atoms with Crippen LogP contribution in [0, 0.1) is 0 Å². The second-order valence-corrected chi connectivity index (χ2v) is 8.48. The monoisotopic (exact) mass is 455 g/mol. The number of rotatable bonds is 5. The predicted molar refractivity (Wildman–Crippen MR) is 133 cm³/mol. The molecule has 0 bridgehead atoms. The summed E-state index contributed by atoms with van der Waals surface area (Å²) in [5.41, 5.74) is 3.69. The van der Waals surface area contributed by atoms with E-state index < -0.39 is 0 Å². The summed E-state index contributed by atoms with van der Waals surface area (Å²) in [6.07, 6.45) is 0. The number of anilines is 1. The van der Waals surface area contributed by atoms with Crippen LogP contribution in [-0.4, -0.2) is 37.1 Å². The zero-order chi connectivity index (χ0) is 22.9. The fourth-order valence-electron chi connectivity index (χ4n) is 3.77. The van der Waals surface area contributed by atoms with Crippen LogP contribution in [0.5, 0.6) is 11.5 Å². The molecule has 0 saturated carbocycles. The zero-order valence-electron chi connectivity index (χ0n) is 18.4. The lowest BCUT2D eigenvalue weighted by Crippen LogP contribution is -2.26. The number of pyridine rings is 1. The van der Waals surface area contributed by atoms with Crippen LogP contribution in [0.2, 0.25) is 0 Å². The Morgan fingerprint density at radius 3 is 2.33 bits per heavy atom. The van der Waals surface area contributed by atoms with Gasteiger partial charge < -0.3 is 9.47 Å². The van der Waals surface area contributed by atoms with Gasteiger partial charge in [-0.25, -0.2) is 9.97 Å². The molecule has 3 aromatic carbocycles. The van der Waals surface area contributed by atoms with Crippen LogP contribution >= 0.6 is 11.3 Å². The van der Waals surface area contributed by atoms with Crippen LogP contribution in [0.15, 0.2) is 72.8 Å². The third-order valence-electron chi connectivity index (χ3n) is 5.50. The number of thiazole rings is 1. The highest BCUT2D eigenvalue weighted by atomic mass is 32.1. The Morgan fingerprint density at radius 2 is 1.58 bits per heavy atom. The zero-order valence-corrected chi connectivity index (χ0v) is 19.2. The van der Waals surface area contributed by atoms with Crippen LogP contribution in [0.4, 0.5) is 5.13 Å². The molecule has 5 aromatic rings. The summed E-state index contributed by atoms with van der Waals surface area (Å²) < 4.78 is 11.8. The van der Waals surface area contributed by atoms with E-state index in [1.807, 2.05) is 72.8 Å². The van der Waals surface area contributed by atoms with Gasteiger partial charge in [0.15, 0.2) is 16.6 Å². The number of hydrogen-bond donors (Lipinski definition) is 0. The smallest absolute Gasteiger partial charge is 0.260 e. The number of methoxy groups -OCH3 is 2. The SMILES string of the molecule is COc1ccc(-c2cc(C(=O)N(C)c3nc4ccccc4s3)c3ccccc3n2)cc1OC. The minimum Gasteiger partial charge on any atom is -0.493 e. The first-order valence-corrected chi connectivity index (χ1v) is 11.2. The summed E-state index contributed by atoms with van der Waals surface area (Å²) in [7, 11) is 4.95. The van der Waals surface area contributed by atoms with Crippen molar-refractivity contribution in [3.05, 3.63) is 78.4 Å². The Hall–Kier alpha value is -3.97. The van der Waals surface area contributed by atoms with E-state index in [1.54, 1.807) is 26.2 Å². The largest absolute Gasteiger partial charge is 0.493 e. The molecule has 6 nitrogen and oxygen atoms in total. The minimum atomic E-state index is -0.144. The lowest BCUT2D eigenvalue weighted by Gasteiger charge is -2.16. The number of benzene rings is 3. The first-order valence-electron chi connectivity index (χ1n) is 10.3. The van der Waals surface area contributed by atoms with Gasteiger partial charge in [0.25, 0.3) is 5.91 Å². The number of hydrogen-bond acceptors (Lipinski definition) is 6. The van der Waals surface area contributed by atoms with Crippen molar-refractivity contribution in [3.63, 3.8) is 0 Å². The Morgan fingerprint density at radius 1 is 0.848 bits per heavy atom. The highest BCUT2D eigenvalue weighted by Crippen LogP contribution is 2.34. The van der Waals surface area contributed by atoms with Crippen LogP contribution in [-0.2, 0) is 0 Å². The normalized spacial score (nSPS) is 11.0. The first kappa shape index (κ1) is 20.9. The molecule has 2 heterocycles. The van der Waals surface area contributed by atoms with E-state index >= 15 is 0 Å². The lowest BCUT2D eigenvalue weighted by atomic mass is 10.0. The maximum Gasteiger partial charge on any atom is 0.260 e. The van der Waals surface area contributed by atoms with E-state index in [0.717, 1.165) is 26.7 Å². The number of para-hydroxylation sites is 2. The van der Waals surface area contributed by atoms with E-state index in [1.165, 1.54) is 11.3 Å². The van der Waals surface area contributed by atoms with Crippen molar-refractivity contribution in [3.8, 4) is 22.8 Å². The molecule has 33 heavy (non-hydrogen) atoms. The molecule has 0 radical (unpaired) electrons. The molecule has 2 aromatic heterocycles. The van der Waals surface area contributed by atoms with Gasteiger partial charge in [0.05, 0.1) is 41.2 Å². The van der Waals surface area contributed by atoms with Crippen molar-refractivity contribution in [2.24, 2.45) is 0 Å². The number of fused-ring (bicyclic) bond motifs is 2. The van der Waals surface area contributed by atoms with Crippen molar-refractivity contribution < 1.29 is 14.3 Å². The highest BCUT2D eigenvalue weighted by Gasteiger charge is 2.21. The fourth-order valence-corrected chi connectivity index (χ4v) is 4.69. The molecule has 0 aliphatic heterocycles. The van der Waals surface area contributed by atoms with Crippen molar-refractivity contribution in [2.75, 3.05) is 26.2 Å². The fraction of sp³-hybridized carbons (Fsp3) is 0.115. The molecule has 1 amide bonds. The van der Waals surface area contributed by atoms with Crippen LogP contribution in [0.3, 0.4) is 0 Å². The molecule has 0 saturated heterocycles. The minimum absolute atomic E-state index is 0.144. The lowest BCUT2D eigenvalue weighted by molar-refractivity contribution is 0.0994. The molecule has 0 aliphatic rings. The average molecular weight is 456 g/mol.